The monoisotopic (exact) mass is 367 g/mol. The van der Waals surface area contributed by atoms with Gasteiger partial charge in [0.15, 0.2) is 11.7 Å². The Hall–Kier alpha value is -2.63. The first-order valence-electron chi connectivity index (χ1n) is 9.77. The molecule has 2 aliphatic heterocycles. The van der Waals surface area contributed by atoms with Crippen LogP contribution in [0.4, 0.5) is 0 Å². The van der Waals surface area contributed by atoms with Gasteiger partial charge in [-0.05, 0) is 19.3 Å². The molecule has 0 saturated carbocycles. The molecule has 0 unspecified atom stereocenters. The zero-order chi connectivity index (χ0) is 18.6. The van der Waals surface area contributed by atoms with Crippen molar-refractivity contribution in [3.05, 3.63) is 42.4 Å². The fraction of sp³-hybridized carbons (Fsp3) is 0.476. The van der Waals surface area contributed by atoms with E-state index in [1.54, 1.807) is 6.20 Å². The molecule has 0 radical (unpaired) electrons. The molecule has 1 aromatic carbocycles. The van der Waals surface area contributed by atoms with E-state index in [1.807, 2.05) is 35.2 Å². The van der Waals surface area contributed by atoms with Crippen molar-refractivity contribution in [2.75, 3.05) is 13.1 Å². The molecule has 6 nitrogen and oxygen atoms in total. The van der Waals surface area contributed by atoms with Gasteiger partial charge in [0.2, 0.25) is 11.8 Å². The first-order chi connectivity index (χ1) is 13.2. The summed E-state index contributed by atoms with van der Waals surface area (Å²) in [6.07, 6.45) is 6.29. The predicted molar refractivity (Wildman–Crippen MR) is 101 cm³/mol. The van der Waals surface area contributed by atoms with Crippen molar-refractivity contribution in [2.24, 2.45) is 5.92 Å². The van der Waals surface area contributed by atoms with Crippen molar-refractivity contribution in [1.82, 2.24) is 15.2 Å². The van der Waals surface area contributed by atoms with Gasteiger partial charge in [0.1, 0.15) is 0 Å². The highest BCUT2D eigenvalue weighted by Crippen LogP contribution is 2.28. The first-order valence-corrected chi connectivity index (χ1v) is 9.77. The van der Waals surface area contributed by atoms with Crippen LogP contribution in [-0.2, 0) is 16.0 Å². The van der Waals surface area contributed by atoms with Crippen molar-refractivity contribution in [3.63, 3.8) is 0 Å². The van der Waals surface area contributed by atoms with E-state index in [0.717, 1.165) is 37.1 Å². The Balaban J connectivity index is 1.37. The van der Waals surface area contributed by atoms with Gasteiger partial charge in [0.05, 0.1) is 6.20 Å². The second-order valence-electron chi connectivity index (χ2n) is 7.40. The van der Waals surface area contributed by atoms with Gasteiger partial charge < -0.3 is 14.6 Å². The lowest BCUT2D eigenvalue weighted by Gasteiger charge is -2.39. The van der Waals surface area contributed by atoms with E-state index >= 15 is 0 Å². The van der Waals surface area contributed by atoms with Gasteiger partial charge in [0.25, 0.3) is 0 Å². The summed E-state index contributed by atoms with van der Waals surface area (Å²) in [5.41, 5.74) is 0.983. The Labute approximate surface area is 159 Å². The van der Waals surface area contributed by atoms with Crippen LogP contribution in [0.5, 0.6) is 0 Å². The number of likely N-dealkylation sites (tertiary alicyclic amines) is 1. The normalized spacial score (nSPS) is 22.7. The molecule has 1 aromatic heterocycles. The molecule has 2 aliphatic rings. The van der Waals surface area contributed by atoms with Crippen LogP contribution in [0, 0.1) is 5.92 Å². The second kappa shape index (κ2) is 7.94. The Morgan fingerprint density at radius 2 is 2.11 bits per heavy atom. The zero-order valence-electron chi connectivity index (χ0n) is 15.4. The summed E-state index contributed by atoms with van der Waals surface area (Å²) in [6.45, 7) is 1.47. The topological polar surface area (TPSA) is 75.4 Å². The number of hydrogen-bond acceptors (Lipinski definition) is 4. The summed E-state index contributed by atoms with van der Waals surface area (Å²) in [5.74, 6) is 1.80. The van der Waals surface area contributed by atoms with Crippen LogP contribution < -0.4 is 5.32 Å². The predicted octanol–water partition coefficient (Wildman–Crippen LogP) is 2.79. The van der Waals surface area contributed by atoms with E-state index in [2.05, 4.69) is 10.3 Å². The lowest BCUT2D eigenvalue weighted by Crippen LogP contribution is -2.48. The molecule has 0 spiro atoms. The summed E-state index contributed by atoms with van der Waals surface area (Å²) in [6, 6.07) is 10.0. The third kappa shape index (κ3) is 4.04. The lowest BCUT2D eigenvalue weighted by molar-refractivity contribution is -0.136. The highest BCUT2D eigenvalue weighted by atomic mass is 16.4. The van der Waals surface area contributed by atoms with Crippen LogP contribution in [0.1, 0.15) is 38.0 Å². The molecule has 2 amide bonds. The summed E-state index contributed by atoms with van der Waals surface area (Å²) in [7, 11) is 0. The smallest absolute Gasteiger partial charge is 0.223 e. The molecule has 1 N–H and O–H groups in total. The van der Waals surface area contributed by atoms with Crippen molar-refractivity contribution < 1.29 is 14.0 Å². The Kier molecular flexibility index (Phi) is 5.23. The minimum Gasteiger partial charge on any atom is -0.441 e. The average molecular weight is 367 g/mol. The number of piperidine rings is 1. The lowest BCUT2D eigenvalue weighted by atomic mass is 9.89. The second-order valence-corrected chi connectivity index (χ2v) is 7.40. The molecule has 142 valence electrons. The molecule has 2 saturated heterocycles. The molecule has 27 heavy (non-hydrogen) atoms. The minimum absolute atomic E-state index is 0.103. The number of nitrogens with zero attached hydrogens (tertiary/aromatic N) is 2. The first kappa shape index (κ1) is 17.8. The van der Waals surface area contributed by atoms with Crippen LogP contribution in [0.15, 0.2) is 40.9 Å². The van der Waals surface area contributed by atoms with Crippen molar-refractivity contribution >= 4 is 11.8 Å². The summed E-state index contributed by atoms with van der Waals surface area (Å²) in [5, 5.41) is 2.90. The molecule has 0 aliphatic carbocycles. The number of carbonyl (C=O) groups excluding carboxylic acids is 2. The number of aryl methyl sites for hydroxylation is 1. The number of nitrogens with one attached hydrogen (secondary N) is 1. The highest BCUT2D eigenvalue weighted by Gasteiger charge is 2.36. The van der Waals surface area contributed by atoms with Crippen molar-refractivity contribution in [1.29, 1.82) is 0 Å². The molecule has 6 heteroatoms. The van der Waals surface area contributed by atoms with Gasteiger partial charge in [-0.2, -0.15) is 0 Å². The third-order valence-electron chi connectivity index (χ3n) is 5.59. The fourth-order valence-corrected chi connectivity index (χ4v) is 4.18. The van der Waals surface area contributed by atoms with Crippen LogP contribution in [-0.4, -0.2) is 40.8 Å². The minimum atomic E-state index is 0.103. The number of hydrogen-bond donors (Lipinski definition) is 1. The van der Waals surface area contributed by atoms with Gasteiger partial charge in [-0.1, -0.05) is 30.3 Å². The van der Waals surface area contributed by atoms with E-state index in [0.29, 0.717) is 31.7 Å². The zero-order valence-corrected chi connectivity index (χ0v) is 15.4. The molecule has 2 atom stereocenters. The molecular weight excluding hydrogens is 342 g/mol. The van der Waals surface area contributed by atoms with E-state index in [9.17, 15) is 9.59 Å². The number of rotatable bonds is 5. The van der Waals surface area contributed by atoms with Crippen LogP contribution in [0.25, 0.3) is 11.3 Å². The van der Waals surface area contributed by atoms with Crippen LogP contribution in [0.3, 0.4) is 0 Å². The van der Waals surface area contributed by atoms with Gasteiger partial charge in [0, 0.05) is 49.9 Å². The largest absolute Gasteiger partial charge is 0.441 e. The maximum atomic E-state index is 12.8. The fourth-order valence-electron chi connectivity index (χ4n) is 4.18. The number of oxazole rings is 1. The maximum Gasteiger partial charge on any atom is 0.223 e. The highest BCUT2D eigenvalue weighted by molar-refractivity contribution is 5.79. The molecule has 3 heterocycles. The number of carbonyl (C=O) groups is 2. The number of aromatic nitrogens is 1. The molecule has 2 fully saturated rings. The summed E-state index contributed by atoms with van der Waals surface area (Å²) >= 11 is 0. The molecule has 4 rings (SSSR count). The van der Waals surface area contributed by atoms with Crippen molar-refractivity contribution in [3.8, 4) is 11.3 Å². The van der Waals surface area contributed by atoms with E-state index in [-0.39, 0.29) is 23.8 Å². The quantitative estimate of drug-likeness (QED) is 0.882. The molecule has 2 aromatic rings. The Bertz CT molecular complexity index is 802. The maximum absolute atomic E-state index is 12.8. The summed E-state index contributed by atoms with van der Waals surface area (Å²) in [4.78, 5) is 30.7. The molecular formula is C21H25N3O3. The third-order valence-corrected chi connectivity index (χ3v) is 5.59. The standard InChI is InChI=1S/C21H25N3O3/c25-19-12-16(13-22-19)17-8-4-5-11-24(17)21(26)10-9-20-23-14-18(27-20)15-6-2-1-3-7-15/h1-3,6-7,14,16-17H,4-5,8-13H2,(H,22,25)/t16-,17+/m0/s1. The van der Waals surface area contributed by atoms with Gasteiger partial charge in [-0.3, -0.25) is 9.59 Å². The Morgan fingerprint density at radius 1 is 1.26 bits per heavy atom. The average Bonchev–Trinajstić information content (AvgIpc) is 3.36. The van der Waals surface area contributed by atoms with Crippen LogP contribution in [0.2, 0.25) is 0 Å². The molecule has 0 bridgehead atoms. The Morgan fingerprint density at radius 3 is 2.89 bits per heavy atom. The van der Waals surface area contributed by atoms with Gasteiger partial charge in [-0.15, -0.1) is 0 Å². The van der Waals surface area contributed by atoms with E-state index in [1.165, 1.54) is 0 Å². The summed E-state index contributed by atoms with van der Waals surface area (Å²) < 4.78 is 5.81. The van der Waals surface area contributed by atoms with Crippen molar-refractivity contribution in [2.45, 2.75) is 44.6 Å². The van der Waals surface area contributed by atoms with Gasteiger partial charge in [-0.25, -0.2) is 4.98 Å². The van der Waals surface area contributed by atoms with Crippen LogP contribution >= 0.6 is 0 Å². The SMILES string of the molecule is O=C1C[C@H]([C@H]2CCCCN2C(=O)CCc2ncc(-c3ccccc3)o2)CN1. The number of benzene rings is 1. The van der Waals surface area contributed by atoms with E-state index in [4.69, 9.17) is 4.42 Å². The van der Waals surface area contributed by atoms with E-state index < -0.39 is 0 Å². The van der Waals surface area contributed by atoms with Gasteiger partial charge >= 0.3 is 0 Å². The number of amides is 2.